The van der Waals surface area contributed by atoms with Crippen molar-refractivity contribution in [2.24, 2.45) is 10.7 Å². The molecule has 0 radical (unpaired) electrons. The second kappa shape index (κ2) is 8.75. The van der Waals surface area contributed by atoms with E-state index in [1.807, 2.05) is 6.20 Å². The first kappa shape index (κ1) is 19.0. The number of hydrogen-bond acceptors (Lipinski definition) is 3. The zero-order valence-electron chi connectivity index (χ0n) is 15.5. The second-order valence-corrected chi connectivity index (χ2v) is 6.63. The number of hydrogen-bond donors (Lipinski definition) is 3. The number of amides is 1. The molecule has 3 rings (SSSR count). The molecular formula is C19H26FN5O2. The number of nitrogens with two attached hydrogens (primary N) is 1. The Kier molecular flexibility index (Phi) is 6.16. The number of benzene rings is 1. The van der Waals surface area contributed by atoms with Gasteiger partial charge in [0.2, 0.25) is 0 Å². The molecule has 1 aliphatic rings. The fourth-order valence-corrected chi connectivity index (χ4v) is 3.33. The van der Waals surface area contributed by atoms with Gasteiger partial charge in [-0.25, -0.2) is 9.18 Å². The Morgan fingerprint density at radius 1 is 1.44 bits per heavy atom. The summed E-state index contributed by atoms with van der Waals surface area (Å²) in [6.45, 7) is 4.00. The molecule has 1 aromatic carbocycles. The van der Waals surface area contributed by atoms with E-state index in [1.54, 1.807) is 17.9 Å². The third-order valence-corrected chi connectivity index (χ3v) is 4.77. The van der Waals surface area contributed by atoms with Gasteiger partial charge < -0.3 is 25.7 Å². The summed E-state index contributed by atoms with van der Waals surface area (Å²) < 4.78 is 18.4. The van der Waals surface area contributed by atoms with Crippen molar-refractivity contribution in [3.63, 3.8) is 0 Å². The molecule has 8 heteroatoms. The number of carbonyl (C=O) groups excluding carboxylic acids is 1. The van der Waals surface area contributed by atoms with Crippen LogP contribution < -0.4 is 11.1 Å². The lowest BCUT2D eigenvalue weighted by Gasteiger charge is -2.31. The number of H-pyrrole nitrogens is 1. The Morgan fingerprint density at radius 2 is 2.22 bits per heavy atom. The number of fused-ring (bicyclic) bond motifs is 1. The molecule has 2 heterocycles. The molecule has 0 unspecified atom stereocenters. The lowest BCUT2D eigenvalue weighted by molar-refractivity contribution is 0.0963. The van der Waals surface area contributed by atoms with Gasteiger partial charge in [0.25, 0.3) is 0 Å². The van der Waals surface area contributed by atoms with Gasteiger partial charge in [-0.1, -0.05) is 0 Å². The van der Waals surface area contributed by atoms with Crippen molar-refractivity contribution in [2.45, 2.75) is 32.2 Å². The summed E-state index contributed by atoms with van der Waals surface area (Å²) in [5.74, 6) is 0.151. The van der Waals surface area contributed by atoms with Gasteiger partial charge in [-0.2, -0.15) is 0 Å². The normalized spacial score (nSPS) is 15.9. The monoisotopic (exact) mass is 375 g/mol. The Hall–Kier alpha value is -2.77. The average Bonchev–Trinajstić information content (AvgIpc) is 3.05. The lowest BCUT2D eigenvalue weighted by Crippen LogP contribution is -2.48. The highest BCUT2D eigenvalue weighted by Gasteiger charge is 2.23. The van der Waals surface area contributed by atoms with Crippen LogP contribution in [0.15, 0.2) is 29.4 Å². The van der Waals surface area contributed by atoms with Gasteiger partial charge in [-0.05, 0) is 49.9 Å². The van der Waals surface area contributed by atoms with Crippen LogP contribution in [0.4, 0.5) is 9.18 Å². The van der Waals surface area contributed by atoms with Crippen LogP contribution >= 0.6 is 0 Å². The van der Waals surface area contributed by atoms with Crippen LogP contribution in [-0.4, -0.2) is 54.2 Å². The van der Waals surface area contributed by atoms with Crippen LogP contribution in [0.2, 0.25) is 0 Å². The summed E-state index contributed by atoms with van der Waals surface area (Å²) in [5.41, 5.74) is 7.92. The lowest BCUT2D eigenvalue weighted by atomic mass is 10.1. The standard InChI is InChI=1S/C19H26FN5O2/c1-2-27-19(26)25-9-6-15(7-10-25)24-18(21)22-8-5-13-12-23-17-4-3-14(20)11-16(13)17/h3-4,11-12,15,23H,2,5-10H2,1H3,(H3,21,22,24). The number of nitrogens with one attached hydrogen (secondary N) is 2. The van der Waals surface area contributed by atoms with Crippen molar-refractivity contribution in [1.29, 1.82) is 0 Å². The molecular weight excluding hydrogens is 349 g/mol. The summed E-state index contributed by atoms with van der Waals surface area (Å²) in [5, 5.41) is 4.10. The van der Waals surface area contributed by atoms with Gasteiger partial charge in [0.1, 0.15) is 5.82 Å². The maximum Gasteiger partial charge on any atom is 0.409 e. The van der Waals surface area contributed by atoms with Gasteiger partial charge in [-0.3, -0.25) is 4.99 Å². The maximum atomic E-state index is 13.4. The largest absolute Gasteiger partial charge is 0.450 e. The number of likely N-dealkylation sites (tertiary alicyclic amines) is 1. The molecule has 1 amide bonds. The summed E-state index contributed by atoms with van der Waals surface area (Å²) in [7, 11) is 0. The molecule has 0 bridgehead atoms. The average molecular weight is 375 g/mol. The summed E-state index contributed by atoms with van der Waals surface area (Å²) in [6.07, 6.45) is 3.91. The van der Waals surface area contributed by atoms with Crippen LogP contribution in [-0.2, 0) is 11.2 Å². The maximum absolute atomic E-state index is 13.4. The van der Waals surface area contributed by atoms with Crippen molar-refractivity contribution in [1.82, 2.24) is 15.2 Å². The number of rotatable bonds is 5. The minimum atomic E-state index is -0.257. The van der Waals surface area contributed by atoms with Crippen molar-refractivity contribution in [3.8, 4) is 0 Å². The Bertz CT molecular complexity index is 812. The molecule has 1 fully saturated rings. The number of aliphatic imine (C=N–C) groups is 1. The van der Waals surface area contributed by atoms with E-state index in [4.69, 9.17) is 10.5 Å². The number of guanidine groups is 1. The highest BCUT2D eigenvalue weighted by molar-refractivity contribution is 5.83. The number of aromatic nitrogens is 1. The highest BCUT2D eigenvalue weighted by Crippen LogP contribution is 2.19. The number of ether oxygens (including phenoxy) is 1. The fraction of sp³-hybridized carbons (Fsp3) is 0.474. The molecule has 27 heavy (non-hydrogen) atoms. The fourth-order valence-electron chi connectivity index (χ4n) is 3.33. The van der Waals surface area contributed by atoms with Crippen LogP contribution in [0.5, 0.6) is 0 Å². The molecule has 1 aromatic heterocycles. The van der Waals surface area contributed by atoms with Gasteiger partial charge in [0, 0.05) is 42.8 Å². The summed E-state index contributed by atoms with van der Waals surface area (Å²) >= 11 is 0. The number of nitrogens with zero attached hydrogens (tertiary/aromatic N) is 2. The number of aromatic amines is 1. The summed E-state index contributed by atoms with van der Waals surface area (Å²) in [6, 6.07) is 4.90. The van der Waals surface area contributed by atoms with E-state index < -0.39 is 0 Å². The van der Waals surface area contributed by atoms with Crippen molar-refractivity contribution in [3.05, 3.63) is 35.8 Å². The van der Waals surface area contributed by atoms with E-state index in [-0.39, 0.29) is 18.0 Å². The molecule has 4 N–H and O–H groups in total. The number of piperidine rings is 1. The van der Waals surface area contributed by atoms with E-state index in [2.05, 4.69) is 15.3 Å². The number of halogens is 1. The third kappa shape index (κ3) is 4.90. The van der Waals surface area contributed by atoms with Crippen LogP contribution in [0.25, 0.3) is 10.9 Å². The first-order valence-corrected chi connectivity index (χ1v) is 9.30. The minimum absolute atomic E-state index is 0.196. The second-order valence-electron chi connectivity index (χ2n) is 6.63. The topological polar surface area (TPSA) is 95.7 Å². The molecule has 7 nitrogen and oxygen atoms in total. The smallest absolute Gasteiger partial charge is 0.409 e. The highest BCUT2D eigenvalue weighted by atomic mass is 19.1. The van der Waals surface area contributed by atoms with Crippen LogP contribution in [0.1, 0.15) is 25.3 Å². The molecule has 0 aliphatic carbocycles. The molecule has 1 aliphatic heterocycles. The van der Waals surface area contributed by atoms with Crippen molar-refractivity contribution < 1.29 is 13.9 Å². The first-order valence-electron chi connectivity index (χ1n) is 9.30. The molecule has 1 saturated heterocycles. The van der Waals surface area contributed by atoms with E-state index in [0.717, 1.165) is 29.3 Å². The predicted octanol–water partition coefficient (Wildman–Crippen LogP) is 2.37. The molecule has 0 atom stereocenters. The zero-order chi connectivity index (χ0) is 19.2. The number of carbonyl (C=O) groups is 1. The molecule has 146 valence electrons. The Labute approximate surface area is 157 Å². The van der Waals surface area contributed by atoms with E-state index in [9.17, 15) is 9.18 Å². The SMILES string of the molecule is CCOC(=O)N1CCC(NC(N)=NCCc2c[nH]c3ccc(F)cc23)CC1. The van der Waals surface area contributed by atoms with Crippen LogP contribution in [0, 0.1) is 5.82 Å². The van der Waals surface area contributed by atoms with Crippen molar-refractivity contribution in [2.75, 3.05) is 26.2 Å². The molecule has 0 spiro atoms. The van der Waals surface area contributed by atoms with Gasteiger partial charge in [-0.15, -0.1) is 0 Å². The molecule has 0 saturated carbocycles. The Balaban J connectivity index is 1.46. The summed E-state index contributed by atoms with van der Waals surface area (Å²) in [4.78, 5) is 20.9. The zero-order valence-corrected chi connectivity index (χ0v) is 15.5. The first-order chi connectivity index (χ1) is 13.1. The van der Waals surface area contributed by atoms with Gasteiger partial charge >= 0.3 is 6.09 Å². The van der Waals surface area contributed by atoms with Crippen LogP contribution in [0.3, 0.4) is 0 Å². The molecule has 2 aromatic rings. The predicted molar refractivity (Wildman–Crippen MR) is 103 cm³/mol. The van der Waals surface area contributed by atoms with E-state index in [0.29, 0.717) is 38.6 Å². The Morgan fingerprint density at radius 3 is 2.96 bits per heavy atom. The van der Waals surface area contributed by atoms with E-state index in [1.165, 1.54) is 12.1 Å². The quantitative estimate of drug-likeness (QED) is 0.552. The third-order valence-electron chi connectivity index (χ3n) is 4.77. The van der Waals surface area contributed by atoms with Gasteiger partial charge in [0.15, 0.2) is 5.96 Å². The van der Waals surface area contributed by atoms with Crippen molar-refractivity contribution >= 4 is 23.0 Å². The van der Waals surface area contributed by atoms with Gasteiger partial charge in [0.05, 0.1) is 6.61 Å². The van der Waals surface area contributed by atoms with E-state index >= 15 is 0 Å². The minimum Gasteiger partial charge on any atom is -0.450 e.